The van der Waals surface area contributed by atoms with Crippen LogP contribution >= 0.6 is 11.3 Å². The molecule has 11 rings (SSSR count). The van der Waals surface area contributed by atoms with E-state index in [0.717, 1.165) is 49.7 Å². The molecule has 0 N–H and O–H groups in total. The summed E-state index contributed by atoms with van der Waals surface area (Å²) in [6.07, 6.45) is 0. The summed E-state index contributed by atoms with van der Waals surface area (Å²) in [5, 5.41) is 9.49. The van der Waals surface area contributed by atoms with E-state index in [0.29, 0.717) is 17.5 Å². The fourth-order valence-corrected chi connectivity index (χ4v) is 9.26. The second-order valence-corrected chi connectivity index (χ2v) is 15.0. The largest absolute Gasteiger partial charge is 0.208 e. The Morgan fingerprint density at radius 2 is 0.818 bits per heavy atom. The monoisotopic (exact) mass is 717 g/mol. The Hall–Kier alpha value is -7.01. The molecule has 0 amide bonds. The maximum Gasteiger partial charge on any atom is 0.165 e. The first-order valence-corrected chi connectivity index (χ1v) is 19.3. The van der Waals surface area contributed by atoms with Crippen LogP contribution in [0.2, 0.25) is 0 Å². The van der Waals surface area contributed by atoms with E-state index < -0.39 is 0 Å². The first kappa shape index (κ1) is 31.5. The number of rotatable bonds is 5. The lowest BCUT2D eigenvalue weighted by atomic mass is 9.92. The lowest BCUT2D eigenvalue weighted by molar-refractivity contribution is 1.08. The minimum Gasteiger partial charge on any atom is -0.208 e. The third kappa shape index (κ3) is 5.38. The van der Waals surface area contributed by atoms with Crippen molar-refractivity contribution in [3.63, 3.8) is 0 Å². The van der Waals surface area contributed by atoms with Crippen LogP contribution in [0.25, 0.3) is 109 Å². The molecule has 55 heavy (non-hydrogen) atoms. The van der Waals surface area contributed by atoms with Gasteiger partial charge in [0.25, 0.3) is 0 Å². The molecular weight excluding hydrogens is 687 g/mol. The van der Waals surface area contributed by atoms with E-state index in [4.69, 9.17) is 15.0 Å². The van der Waals surface area contributed by atoms with Gasteiger partial charge in [-0.1, -0.05) is 164 Å². The number of hydrogen-bond donors (Lipinski definition) is 0. The van der Waals surface area contributed by atoms with Crippen molar-refractivity contribution < 1.29 is 0 Å². The second-order valence-electron chi connectivity index (χ2n) is 14.0. The molecule has 256 valence electrons. The molecule has 2 aromatic heterocycles. The zero-order chi connectivity index (χ0) is 36.3. The van der Waals surface area contributed by atoms with E-state index in [2.05, 4.69) is 188 Å². The Morgan fingerprint density at radius 3 is 1.56 bits per heavy atom. The maximum atomic E-state index is 5.45. The summed E-state index contributed by atoms with van der Waals surface area (Å²) in [6.45, 7) is 0. The zero-order valence-electron chi connectivity index (χ0n) is 29.6. The molecule has 0 bridgehead atoms. The molecule has 0 aliphatic carbocycles. The first-order chi connectivity index (χ1) is 27.2. The van der Waals surface area contributed by atoms with Gasteiger partial charge >= 0.3 is 0 Å². The first-order valence-electron chi connectivity index (χ1n) is 18.5. The third-order valence-corrected chi connectivity index (χ3v) is 11.9. The van der Waals surface area contributed by atoms with Gasteiger partial charge in [-0.2, -0.15) is 0 Å². The van der Waals surface area contributed by atoms with Gasteiger partial charge in [0.05, 0.1) is 0 Å². The van der Waals surface area contributed by atoms with Gasteiger partial charge in [-0.05, 0) is 78.8 Å². The molecule has 11 aromatic rings. The Balaban J connectivity index is 1.21. The second kappa shape index (κ2) is 12.8. The van der Waals surface area contributed by atoms with Crippen LogP contribution in [-0.4, -0.2) is 15.0 Å². The summed E-state index contributed by atoms with van der Waals surface area (Å²) in [4.78, 5) is 16.3. The highest BCUT2D eigenvalue weighted by atomic mass is 32.1. The van der Waals surface area contributed by atoms with E-state index in [1.54, 1.807) is 11.3 Å². The quantitative estimate of drug-likeness (QED) is 0.178. The molecule has 0 aliphatic rings. The topological polar surface area (TPSA) is 38.7 Å². The van der Waals surface area contributed by atoms with Crippen LogP contribution < -0.4 is 0 Å². The molecular formula is C51H31N3S. The van der Waals surface area contributed by atoms with Crippen molar-refractivity contribution in [2.24, 2.45) is 0 Å². The van der Waals surface area contributed by atoms with Gasteiger partial charge in [0.15, 0.2) is 17.5 Å². The minimum atomic E-state index is 0.638. The fraction of sp³-hybridized carbons (Fsp3) is 0. The number of hydrogen-bond acceptors (Lipinski definition) is 4. The van der Waals surface area contributed by atoms with Crippen LogP contribution in [0.15, 0.2) is 188 Å². The van der Waals surface area contributed by atoms with Crippen LogP contribution in [0, 0.1) is 0 Å². The van der Waals surface area contributed by atoms with Crippen LogP contribution in [0.3, 0.4) is 0 Å². The van der Waals surface area contributed by atoms with Crippen LogP contribution in [-0.2, 0) is 0 Å². The van der Waals surface area contributed by atoms with Crippen molar-refractivity contribution >= 4 is 63.8 Å². The summed E-state index contributed by atoms with van der Waals surface area (Å²) in [5.74, 6) is 1.94. The van der Waals surface area contributed by atoms with Crippen LogP contribution in [0.4, 0.5) is 0 Å². The molecule has 9 aromatic carbocycles. The molecule has 0 aliphatic heterocycles. The van der Waals surface area contributed by atoms with Gasteiger partial charge in [-0.25, -0.2) is 15.0 Å². The highest BCUT2D eigenvalue weighted by Gasteiger charge is 2.22. The van der Waals surface area contributed by atoms with Gasteiger partial charge < -0.3 is 0 Å². The number of thiophene rings is 1. The summed E-state index contributed by atoms with van der Waals surface area (Å²) < 4.78 is 2.41. The van der Waals surface area contributed by atoms with E-state index in [1.807, 2.05) is 0 Å². The van der Waals surface area contributed by atoms with Crippen molar-refractivity contribution in [2.45, 2.75) is 0 Å². The molecule has 0 fully saturated rings. The van der Waals surface area contributed by atoms with Crippen LogP contribution in [0.5, 0.6) is 0 Å². The molecule has 0 saturated carbocycles. The summed E-state index contributed by atoms with van der Waals surface area (Å²) in [6, 6.07) is 66.9. The maximum absolute atomic E-state index is 5.45. The molecule has 2 heterocycles. The Morgan fingerprint density at radius 1 is 0.309 bits per heavy atom. The van der Waals surface area contributed by atoms with Gasteiger partial charge in [-0.3, -0.25) is 0 Å². The fourth-order valence-electron chi connectivity index (χ4n) is 8.05. The average molecular weight is 718 g/mol. The summed E-state index contributed by atoms with van der Waals surface area (Å²) in [7, 11) is 0. The molecule has 0 atom stereocenters. The standard InChI is InChI=1S/C51H31N3S/c1-3-15-35-30-37(26-24-32(35)12-1)39-17-7-8-20-44(39)49-52-50(45-22-11-21-43-42-19-9-10-23-46(42)55-48(43)45)54-51(53-49)47-40-18-6-5-14-34(40)28-29-41(47)38-27-25-33-13-2-4-16-36(33)31-38/h1-31H. The van der Waals surface area contributed by atoms with Crippen molar-refractivity contribution in [3.8, 4) is 56.4 Å². The van der Waals surface area contributed by atoms with Gasteiger partial charge in [0.2, 0.25) is 0 Å². The van der Waals surface area contributed by atoms with E-state index in [1.165, 1.54) is 41.7 Å². The Kier molecular flexibility index (Phi) is 7.35. The predicted octanol–water partition coefficient (Wildman–Crippen LogP) is 14.0. The number of aromatic nitrogens is 3. The minimum absolute atomic E-state index is 0.638. The van der Waals surface area contributed by atoms with E-state index in [-0.39, 0.29) is 0 Å². The van der Waals surface area contributed by atoms with Gasteiger partial charge in [0.1, 0.15) is 0 Å². The van der Waals surface area contributed by atoms with Gasteiger partial charge in [-0.15, -0.1) is 11.3 Å². The summed E-state index contributed by atoms with van der Waals surface area (Å²) >= 11 is 1.79. The number of nitrogens with zero attached hydrogens (tertiary/aromatic N) is 3. The normalized spacial score (nSPS) is 11.6. The third-order valence-electron chi connectivity index (χ3n) is 10.7. The summed E-state index contributed by atoms with van der Waals surface area (Å²) in [5.41, 5.74) is 7.33. The lowest BCUT2D eigenvalue weighted by Crippen LogP contribution is -2.02. The van der Waals surface area contributed by atoms with Crippen molar-refractivity contribution in [1.82, 2.24) is 15.0 Å². The Labute approximate surface area is 321 Å². The SMILES string of the molecule is c1ccc(-c2nc(-c3c(-c4ccc5ccccc5c4)ccc4ccccc34)nc(-c3cccc4c3sc3ccccc34)n2)c(-c2ccc3ccccc3c2)c1. The van der Waals surface area contributed by atoms with E-state index in [9.17, 15) is 0 Å². The predicted molar refractivity (Wildman–Crippen MR) is 232 cm³/mol. The lowest BCUT2D eigenvalue weighted by Gasteiger charge is -2.16. The molecule has 0 unspecified atom stereocenters. The molecule has 0 spiro atoms. The molecule has 0 radical (unpaired) electrons. The number of benzene rings is 9. The smallest absolute Gasteiger partial charge is 0.165 e. The van der Waals surface area contributed by atoms with Crippen molar-refractivity contribution in [3.05, 3.63) is 188 Å². The van der Waals surface area contributed by atoms with E-state index >= 15 is 0 Å². The van der Waals surface area contributed by atoms with Crippen LogP contribution in [0.1, 0.15) is 0 Å². The molecule has 0 saturated heterocycles. The zero-order valence-corrected chi connectivity index (χ0v) is 30.5. The molecule has 4 heteroatoms. The van der Waals surface area contributed by atoms with Crippen molar-refractivity contribution in [1.29, 1.82) is 0 Å². The van der Waals surface area contributed by atoms with Gasteiger partial charge in [0, 0.05) is 36.9 Å². The average Bonchev–Trinajstić information content (AvgIpc) is 3.64. The molecule has 3 nitrogen and oxygen atoms in total. The number of fused-ring (bicyclic) bond motifs is 6. The van der Waals surface area contributed by atoms with Crippen molar-refractivity contribution in [2.75, 3.05) is 0 Å². The Bertz CT molecular complexity index is 3290. The highest BCUT2D eigenvalue weighted by molar-refractivity contribution is 7.26. The highest BCUT2D eigenvalue weighted by Crippen LogP contribution is 2.43.